The van der Waals surface area contributed by atoms with E-state index < -0.39 is 0 Å². The first-order chi connectivity index (χ1) is 6.77. The Bertz CT molecular complexity index is 368. The van der Waals surface area contributed by atoms with Crippen molar-refractivity contribution < 1.29 is 0 Å². The molecule has 1 fully saturated rings. The number of hydrogen-bond acceptors (Lipinski definition) is 2. The molecule has 0 aromatic carbocycles. The van der Waals surface area contributed by atoms with Crippen LogP contribution in [0.4, 0.5) is 0 Å². The van der Waals surface area contributed by atoms with E-state index in [1.165, 1.54) is 29.6 Å². The molecule has 0 amide bonds. The first-order valence-electron chi connectivity index (χ1n) is 5.29. The molecule has 1 aromatic heterocycles. The van der Waals surface area contributed by atoms with Crippen molar-refractivity contribution in [2.75, 3.05) is 0 Å². The Morgan fingerprint density at radius 1 is 1.36 bits per heavy atom. The maximum Gasteiger partial charge on any atom is 0.126 e. The van der Waals surface area contributed by atoms with Crippen molar-refractivity contribution in [2.24, 2.45) is 5.73 Å². The molecule has 0 radical (unpaired) electrons. The Morgan fingerprint density at radius 2 is 2.14 bits per heavy atom. The number of fused-ring (bicyclic) bond motifs is 1. The van der Waals surface area contributed by atoms with E-state index in [2.05, 4.69) is 25.5 Å². The van der Waals surface area contributed by atoms with Gasteiger partial charge in [-0.05, 0) is 41.6 Å². The van der Waals surface area contributed by atoms with Crippen LogP contribution in [0.3, 0.4) is 0 Å². The zero-order valence-electron chi connectivity index (χ0n) is 8.04. The first kappa shape index (κ1) is 8.92. The van der Waals surface area contributed by atoms with Gasteiger partial charge in [0.1, 0.15) is 10.4 Å². The molecule has 1 aliphatic heterocycles. The van der Waals surface area contributed by atoms with E-state index in [0.717, 1.165) is 18.8 Å². The second kappa shape index (κ2) is 3.07. The van der Waals surface area contributed by atoms with Crippen LogP contribution in [-0.2, 0) is 6.54 Å². The SMILES string of the molecule is NC1CCCn2c1nc(C1CC1)c2Br. The summed E-state index contributed by atoms with van der Waals surface area (Å²) in [6.45, 7) is 1.07. The molecule has 1 atom stereocenters. The summed E-state index contributed by atoms with van der Waals surface area (Å²) in [7, 11) is 0. The monoisotopic (exact) mass is 255 g/mol. The minimum Gasteiger partial charge on any atom is -0.321 e. The fourth-order valence-electron chi connectivity index (χ4n) is 2.18. The van der Waals surface area contributed by atoms with Gasteiger partial charge < -0.3 is 10.3 Å². The van der Waals surface area contributed by atoms with Crippen LogP contribution in [0.2, 0.25) is 0 Å². The van der Waals surface area contributed by atoms with E-state index in [1.807, 2.05) is 0 Å². The Morgan fingerprint density at radius 3 is 2.79 bits per heavy atom. The van der Waals surface area contributed by atoms with E-state index >= 15 is 0 Å². The Labute approximate surface area is 91.8 Å². The molecule has 76 valence electrons. The van der Waals surface area contributed by atoms with Gasteiger partial charge in [-0.15, -0.1) is 0 Å². The van der Waals surface area contributed by atoms with E-state index in [-0.39, 0.29) is 6.04 Å². The number of hydrogen-bond donors (Lipinski definition) is 1. The molecule has 3 rings (SSSR count). The van der Waals surface area contributed by atoms with Crippen molar-refractivity contribution in [1.82, 2.24) is 9.55 Å². The van der Waals surface area contributed by atoms with Gasteiger partial charge in [-0.2, -0.15) is 0 Å². The molecule has 2 aliphatic rings. The fourth-order valence-corrected chi connectivity index (χ4v) is 2.95. The molecule has 3 nitrogen and oxygen atoms in total. The smallest absolute Gasteiger partial charge is 0.126 e. The lowest BCUT2D eigenvalue weighted by Gasteiger charge is -2.20. The number of imidazole rings is 1. The van der Waals surface area contributed by atoms with Gasteiger partial charge in [0, 0.05) is 12.5 Å². The predicted molar refractivity (Wildman–Crippen MR) is 58.1 cm³/mol. The van der Waals surface area contributed by atoms with Crippen LogP contribution in [-0.4, -0.2) is 9.55 Å². The van der Waals surface area contributed by atoms with Crippen LogP contribution in [0, 0.1) is 0 Å². The number of aromatic nitrogens is 2. The summed E-state index contributed by atoms with van der Waals surface area (Å²) in [5.41, 5.74) is 7.29. The Kier molecular flexibility index (Phi) is 1.96. The number of nitrogens with two attached hydrogens (primary N) is 1. The molecule has 0 bridgehead atoms. The highest BCUT2D eigenvalue weighted by molar-refractivity contribution is 9.10. The topological polar surface area (TPSA) is 43.8 Å². The maximum absolute atomic E-state index is 6.04. The summed E-state index contributed by atoms with van der Waals surface area (Å²) in [5, 5.41) is 0. The minimum atomic E-state index is 0.146. The van der Waals surface area contributed by atoms with Crippen molar-refractivity contribution in [3.8, 4) is 0 Å². The number of rotatable bonds is 1. The average Bonchev–Trinajstić information content (AvgIpc) is 2.94. The highest BCUT2D eigenvalue weighted by atomic mass is 79.9. The maximum atomic E-state index is 6.04. The molecule has 1 aromatic rings. The largest absolute Gasteiger partial charge is 0.321 e. The summed E-state index contributed by atoms with van der Waals surface area (Å²) >= 11 is 3.65. The second-order valence-corrected chi connectivity index (χ2v) is 5.07. The Hall–Kier alpha value is -0.350. The van der Waals surface area contributed by atoms with Gasteiger partial charge in [0.15, 0.2) is 0 Å². The van der Waals surface area contributed by atoms with E-state index in [4.69, 9.17) is 5.73 Å². The first-order valence-corrected chi connectivity index (χ1v) is 6.08. The molecular formula is C10H14BrN3. The van der Waals surface area contributed by atoms with Gasteiger partial charge in [0.2, 0.25) is 0 Å². The van der Waals surface area contributed by atoms with Crippen LogP contribution in [0.15, 0.2) is 4.60 Å². The normalized spacial score (nSPS) is 26.3. The van der Waals surface area contributed by atoms with Crippen molar-refractivity contribution >= 4 is 15.9 Å². The summed E-state index contributed by atoms with van der Waals surface area (Å²) < 4.78 is 3.44. The van der Waals surface area contributed by atoms with Gasteiger partial charge in [-0.25, -0.2) is 4.98 Å². The van der Waals surface area contributed by atoms with Crippen LogP contribution < -0.4 is 5.73 Å². The lowest BCUT2D eigenvalue weighted by molar-refractivity contribution is 0.447. The molecule has 0 saturated heterocycles. The molecule has 1 aliphatic carbocycles. The van der Waals surface area contributed by atoms with Crippen LogP contribution >= 0.6 is 15.9 Å². The average molecular weight is 256 g/mol. The molecule has 1 saturated carbocycles. The van der Waals surface area contributed by atoms with Crippen molar-refractivity contribution in [1.29, 1.82) is 0 Å². The third-order valence-electron chi connectivity index (χ3n) is 3.15. The molecule has 2 heterocycles. The molecule has 1 unspecified atom stereocenters. The van der Waals surface area contributed by atoms with Crippen LogP contribution in [0.1, 0.15) is 49.2 Å². The van der Waals surface area contributed by atoms with Crippen LogP contribution in [0.25, 0.3) is 0 Å². The lowest BCUT2D eigenvalue weighted by atomic mass is 10.1. The highest BCUT2D eigenvalue weighted by Gasteiger charge is 2.32. The lowest BCUT2D eigenvalue weighted by Crippen LogP contribution is -2.22. The quantitative estimate of drug-likeness (QED) is 0.837. The zero-order chi connectivity index (χ0) is 9.71. The fraction of sp³-hybridized carbons (Fsp3) is 0.700. The predicted octanol–water partition coefficient (Wildman–Crippen LogP) is 2.32. The summed E-state index contributed by atoms with van der Waals surface area (Å²) in [4.78, 5) is 4.68. The van der Waals surface area contributed by atoms with E-state index in [0.29, 0.717) is 5.92 Å². The highest BCUT2D eigenvalue weighted by Crippen LogP contribution is 2.44. The molecule has 14 heavy (non-hydrogen) atoms. The molecule has 2 N–H and O–H groups in total. The molecule has 0 spiro atoms. The van der Waals surface area contributed by atoms with Crippen molar-refractivity contribution in [3.05, 3.63) is 16.1 Å². The van der Waals surface area contributed by atoms with Gasteiger partial charge in [-0.1, -0.05) is 0 Å². The van der Waals surface area contributed by atoms with E-state index in [9.17, 15) is 0 Å². The van der Waals surface area contributed by atoms with Gasteiger partial charge >= 0.3 is 0 Å². The molecular weight excluding hydrogens is 242 g/mol. The number of nitrogens with zero attached hydrogens (tertiary/aromatic N) is 2. The van der Waals surface area contributed by atoms with Crippen molar-refractivity contribution in [3.63, 3.8) is 0 Å². The minimum absolute atomic E-state index is 0.146. The zero-order valence-corrected chi connectivity index (χ0v) is 9.63. The van der Waals surface area contributed by atoms with Gasteiger partial charge in [0.05, 0.1) is 11.7 Å². The standard InChI is InChI=1S/C10H14BrN3/c11-9-8(6-3-4-6)13-10-7(12)2-1-5-14(9)10/h6-7H,1-5,12H2. The van der Waals surface area contributed by atoms with Gasteiger partial charge in [-0.3, -0.25) is 0 Å². The Balaban J connectivity index is 2.08. The van der Waals surface area contributed by atoms with Gasteiger partial charge in [0.25, 0.3) is 0 Å². The third kappa shape index (κ3) is 1.24. The van der Waals surface area contributed by atoms with E-state index in [1.54, 1.807) is 0 Å². The third-order valence-corrected chi connectivity index (χ3v) is 3.99. The molecule has 4 heteroatoms. The summed E-state index contributed by atoms with van der Waals surface area (Å²) in [5.74, 6) is 1.79. The number of halogens is 1. The summed E-state index contributed by atoms with van der Waals surface area (Å²) in [6.07, 6.45) is 4.84. The second-order valence-electron chi connectivity index (χ2n) is 4.32. The van der Waals surface area contributed by atoms with Crippen molar-refractivity contribution in [2.45, 2.75) is 44.2 Å². The van der Waals surface area contributed by atoms with Crippen LogP contribution in [0.5, 0.6) is 0 Å². The summed E-state index contributed by atoms with van der Waals surface area (Å²) in [6, 6.07) is 0.146.